The van der Waals surface area contributed by atoms with Crippen molar-refractivity contribution in [3.63, 3.8) is 0 Å². The van der Waals surface area contributed by atoms with E-state index >= 15 is 0 Å². The molecule has 0 aromatic heterocycles. The van der Waals surface area contributed by atoms with Gasteiger partial charge < -0.3 is 30.0 Å². The molecule has 2 aromatic rings. The molecule has 3 rings (SSSR count). The molecule has 0 bridgehead atoms. The summed E-state index contributed by atoms with van der Waals surface area (Å²) in [5, 5.41) is 16.3. The smallest absolute Gasteiger partial charge is 0.407 e. The summed E-state index contributed by atoms with van der Waals surface area (Å²) in [5.41, 5.74) is 0.656. The first-order valence-electron chi connectivity index (χ1n) is 10.2. The fraction of sp³-hybridized carbons (Fsp3) is 0.391. The molecule has 2 aromatic carbocycles. The number of hydrogen-bond donors (Lipinski definition) is 3. The number of nitrogens with one attached hydrogen (secondary N) is 2. The zero-order valence-electron chi connectivity index (χ0n) is 18.4. The second-order valence-electron chi connectivity index (χ2n) is 8.50. The van der Waals surface area contributed by atoms with Crippen molar-refractivity contribution >= 4 is 29.3 Å². The number of rotatable bonds is 6. The van der Waals surface area contributed by atoms with Gasteiger partial charge >= 0.3 is 6.09 Å². The van der Waals surface area contributed by atoms with Gasteiger partial charge in [-0.2, -0.15) is 0 Å². The Morgan fingerprint density at radius 1 is 1.19 bits per heavy atom. The van der Waals surface area contributed by atoms with Gasteiger partial charge in [-0.3, -0.25) is 4.79 Å². The van der Waals surface area contributed by atoms with E-state index in [1.165, 1.54) is 0 Å². The van der Waals surface area contributed by atoms with Gasteiger partial charge in [0, 0.05) is 18.2 Å². The summed E-state index contributed by atoms with van der Waals surface area (Å²) in [4.78, 5) is 25.0. The first-order valence-corrected chi connectivity index (χ1v) is 10.6. The molecule has 0 saturated carbocycles. The Bertz CT molecular complexity index is 1000. The van der Waals surface area contributed by atoms with Crippen molar-refractivity contribution in [3.8, 4) is 11.5 Å². The molecule has 0 saturated heterocycles. The van der Waals surface area contributed by atoms with Crippen molar-refractivity contribution in [2.75, 3.05) is 12.1 Å². The number of benzene rings is 2. The van der Waals surface area contributed by atoms with Gasteiger partial charge in [0.15, 0.2) is 11.5 Å². The normalized spacial score (nSPS) is 14.4. The van der Waals surface area contributed by atoms with Gasteiger partial charge in [0.25, 0.3) is 5.91 Å². The van der Waals surface area contributed by atoms with Crippen LogP contribution in [0.25, 0.3) is 0 Å². The monoisotopic (exact) mass is 462 g/mol. The first kappa shape index (κ1) is 23.7. The lowest BCUT2D eigenvalue weighted by Crippen LogP contribution is -2.44. The predicted octanol–water partition coefficient (Wildman–Crippen LogP) is 4.14. The minimum atomic E-state index is -0.974. The van der Waals surface area contributed by atoms with E-state index in [0.717, 1.165) is 0 Å². The fourth-order valence-electron chi connectivity index (χ4n) is 3.15. The number of amides is 2. The highest BCUT2D eigenvalue weighted by Gasteiger charge is 2.24. The molecule has 8 nitrogen and oxygen atoms in total. The maximum Gasteiger partial charge on any atom is 0.407 e. The zero-order chi connectivity index (χ0) is 23.5. The number of anilines is 1. The average molecular weight is 463 g/mol. The number of aliphatic hydroxyl groups excluding tert-OH is 1. The summed E-state index contributed by atoms with van der Waals surface area (Å²) in [6.45, 7) is 7.06. The van der Waals surface area contributed by atoms with E-state index in [-0.39, 0.29) is 23.8 Å². The SMILES string of the molecule is C[C@H](NC(=O)OC(C)(C)C)C(O)Cc1cccc(Cl)c1C(=O)Nc1ccc2c(c1)OCO2. The molecule has 172 valence electrons. The van der Waals surface area contributed by atoms with Crippen LogP contribution in [0.2, 0.25) is 5.02 Å². The average Bonchev–Trinajstić information content (AvgIpc) is 3.14. The van der Waals surface area contributed by atoms with Crippen LogP contribution < -0.4 is 20.1 Å². The van der Waals surface area contributed by atoms with E-state index in [1.54, 1.807) is 64.1 Å². The van der Waals surface area contributed by atoms with Gasteiger partial charge in [0.2, 0.25) is 6.79 Å². The second kappa shape index (κ2) is 9.67. The van der Waals surface area contributed by atoms with Crippen LogP contribution in [0, 0.1) is 0 Å². The van der Waals surface area contributed by atoms with E-state index in [0.29, 0.717) is 22.7 Å². The molecule has 0 spiro atoms. The zero-order valence-corrected chi connectivity index (χ0v) is 19.2. The van der Waals surface area contributed by atoms with Crippen LogP contribution in [-0.2, 0) is 11.2 Å². The Morgan fingerprint density at radius 3 is 2.62 bits per heavy atom. The van der Waals surface area contributed by atoms with Crippen molar-refractivity contribution in [1.29, 1.82) is 0 Å². The number of ether oxygens (including phenoxy) is 3. The molecule has 1 aliphatic rings. The lowest BCUT2D eigenvalue weighted by atomic mass is 9.97. The predicted molar refractivity (Wildman–Crippen MR) is 121 cm³/mol. The molecule has 2 amide bonds. The van der Waals surface area contributed by atoms with Crippen molar-refractivity contribution < 1.29 is 28.9 Å². The third-order valence-electron chi connectivity index (χ3n) is 4.71. The first-order chi connectivity index (χ1) is 15.0. The molecule has 1 heterocycles. The maximum absolute atomic E-state index is 13.0. The number of carbonyl (C=O) groups excluding carboxylic acids is 2. The molecule has 0 aliphatic carbocycles. The highest BCUT2D eigenvalue weighted by molar-refractivity contribution is 6.34. The van der Waals surface area contributed by atoms with E-state index < -0.39 is 29.7 Å². The van der Waals surface area contributed by atoms with Crippen molar-refractivity contribution in [2.45, 2.75) is 51.9 Å². The van der Waals surface area contributed by atoms with Crippen LogP contribution in [0.4, 0.5) is 10.5 Å². The number of carbonyl (C=O) groups is 2. The summed E-state index contributed by atoms with van der Waals surface area (Å²) >= 11 is 6.33. The third kappa shape index (κ3) is 6.05. The molecule has 9 heteroatoms. The van der Waals surface area contributed by atoms with Crippen molar-refractivity contribution in [1.82, 2.24) is 5.32 Å². The van der Waals surface area contributed by atoms with E-state index in [2.05, 4.69) is 10.6 Å². The molecule has 32 heavy (non-hydrogen) atoms. The van der Waals surface area contributed by atoms with E-state index in [4.69, 9.17) is 25.8 Å². The molecule has 3 N–H and O–H groups in total. The van der Waals surface area contributed by atoms with E-state index in [1.807, 2.05) is 0 Å². The number of hydrogen-bond acceptors (Lipinski definition) is 6. The molecule has 1 aliphatic heterocycles. The van der Waals surface area contributed by atoms with Crippen LogP contribution >= 0.6 is 11.6 Å². The summed E-state index contributed by atoms with van der Waals surface area (Å²) in [7, 11) is 0. The Morgan fingerprint density at radius 2 is 1.91 bits per heavy atom. The highest BCUT2D eigenvalue weighted by Crippen LogP contribution is 2.34. The molecular weight excluding hydrogens is 436 g/mol. The Labute approximate surface area is 191 Å². The van der Waals surface area contributed by atoms with Gasteiger partial charge in [-0.25, -0.2) is 4.79 Å². The van der Waals surface area contributed by atoms with Crippen LogP contribution in [-0.4, -0.2) is 41.6 Å². The lowest BCUT2D eigenvalue weighted by Gasteiger charge is -2.25. The Balaban J connectivity index is 1.71. The third-order valence-corrected chi connectivity index (χ3v) is 5.02. The van der Waals surface area contributed by atoms with Gasteiger partial charge in [0.1, 0.15) is 5.60 Å². The van der Waals surface area contributed by atoms with Gasteiger partial charge in [-0.05, 0) is 51.5 Å². The molecular formula is C23H27ClN2O6. The molecule has 0 fully saturated rings. The Kier molecular flexibility index (Phi) is 7.16. The van der Waals surface area contributed by atoms with Crippen LogP contribution in [0.1, 0.15) is 43.6 Å². The summed E-state index contributed by atoms with van der Waals surface area (Å²) < 4.78 is 15.8. The molecule has 0 radical (unpaired) electrons. The summed E-state index contributed by atoms with van der Waals surface area (Å²) in [6, 6.07) is 9.47. The number of fused-ring (bicyclic) bond motifs is 1. The highest BCUT2D eigenvalue weighted by atomic mass is 35.5. The maximum atomic E-state index is 13.0. The summed E-state index contributed by atoms with van der Waals surface area (Å²) in [6.07, 6.45) is -1.50. The van der Waals surface area contributed by atoms with Crippen molar-refractivity contribution in [2.24, 2.45) is 0 Å². The Hall–Kier alpha value is -2.97. The molecule has 1 unspecified atom stereocenters. The quantitative estimate of drug-likeness (QED) is 0.595. The minimum absolute atomic E-state index is 0.0986. The van der Waals surface area contributed by atoms with Crippen LogP contribution in [0.5, 0.6) is 11.5 Å². The standard InChI is InChI=1S/C23H27ClN2O6/c1-13(25-22(29)32-23(2,3)4)17(27)10-14-6-5-7-16(24)20(14)21(28)26-15-8-9-18-19(11-15)31-12-30-18/h5-9,11,13,17,27H,10,12H2,1-4H3,(H,25,29)(H,26,28)/t13-,17?/m0/s1. The van der Waals surface area contributed by atoms with Gasteiger partial charge in [0.05, 0.1) is 22.7 Å². The molecule has 2 atom stereocenters. The number of aliphatic hydroxyl groups is 1. The van der Waals surface area contributed by atoms with Crippen molar-refractivity contribution in [3.05, 3.63) is 52.5 Å². The van der Waals surface area contributed by atoms with Crippen LogP contribution in [0.3, 0.4) is 0 Å². The topological polar surface area (TPSA) is 106 Å². The van der Waals surface area contributed by atoms with Gasteiger partial charge in [-0.1, -0.05) is 23.7 Å². The van der Waals surface area contributed by atoms with E-state index in [9.17, 15) is 14.7 Å². The fourth-order valence-corrected chi connectivity index (χ4v) is 3.43. The lowest BCUT2D eigenvalue weighted by molar-refractivity contribution is 0.0436. The largest absolute Gasteiger partial charge is 0.454 e. The second-order valence-corrected chi connectivity index (χ2v) is 8.91. The number of alkyl carbamates (subject to hydrolysis) is 1. The minimum Gasteiger partial charge on any atom is -0.454 e. The summed E-state index contributed by atoms with van der Waals surface area (Å²) in [5.74, 6) is 0.722. The van der Waals surface area contributed by atoms with Gasteiger partial charge in [-0.15, -0.1) is 0 Å². The van der Waals surface area contributed by atoms with Crippen LogP contribution in [0.15, 0.2) is 36.4 Å². The number of halogens is 1.